The summed E-state index contributed by atoms with van der Waals surface area (Å²) < 4.78 is 0. The van der Waals surface area contributed by atoms with Crippen LogP contribution >= 0.6 is 24.0 Å². The van der Waals surface area contributed by atoms with Gasteiger partial charge in [0, 0.05) is 5.39 Å². The molecule has 0 unspecified atom stereocenters. The number of nitrogens with zero attached hydrogens (tertiary/aromatic N) is 1. The summed E-state index contributed by atoms with van der Waals surface area (Å²) in [6.07, 6.45) is 1.35. The lowest BCUT2D eigenvalue weighted by molar-refractivity contribution is 0.474. The highest BCUT2D eigenvalue weighted by molar-refractivity contribution is 6.36. The van der Waals surface area contributed by atoms with Gasteiger partial charge in [-0.1, -0.05) is 29.8 Å². The number of pyridine rings is 1. The van der Waals surface area contributed by atoms with E-state index in [-0.39, 0.29) is 18.2 Å². The molecule has 0 amide bonds. The van der Waals surface area contributed by atoms with Gasteiger partial charge in [-0.15, -0.1) is 12.4 Å². The molecule has 0 aliphatic rings. The summed E-state index contributed by atoms with van der Waals surface area (Å²) in [6.45, 7) is 0. The Bertz CT molecular complexity index is 431. The van der Waals surface area contributed by atoms with Gasteiger partial charge in [0.05, 0.1) is 16.7 Å². The first-order chi connectivity index (χ1) is 5.79. The van der Waals surface area contributed by atoms with Crippen LogP contribution < -0.4 is 0 Å². The molecular formula is C9H7Cl2NO. The predicted octanol–water partition coefficient (Wildman–Crippen LogP) is 3.02. The molecule has 2 nitrogen and oxygen atoms in total. The van der Waals surface area contributed by atoms with Crippen LogP contribution in [0.4, 0.5) is 0 Å². The lowest BCUT2D eigenvalue weighted by Crippen LogP contribution is -1.79. The van der Waals surface area contributed by atoms with E-state index in [1.807, 2.05) is 24.3 Å². The number of rotatable bonds is 0. The van der Waals surface area contributed by atoms with Crippen molar-refractivity contribution < 1.29 is 5.11 Å². The molecule has 1 heterocycles. The number of para-hydroxylation sites is 1. The topological polar surface area (TPSA) is 33.1 Å². The van der Waals surface area contributed by atoms with Crippen LogP contribution in [0.2, 0.25) is 5.02 Å². The maximum Gasteiger partial charge on any atom is 0.153 e. The van der Waals surface area contributed by atoms with Gasteiger partial charge in [0.15, 0.2) is 5.75 Å². The zero-order valence-electron chi connectivity index (χ0n) is 6.57. The summed E-state index contributed by atoms with van der Waals surface area (Å²) in [7, 11) is 0. The molecule has 1 N–H and O–H groups in total. The highest BCUT2D eigenvalue weighted by Gasteiger charge is 2.03. The van der Waals surface area contributed by atoms with Crippen LogP contribution in [0.1, 0.15) is 0 Å². The summed E-state index contributed by atoms with van der Waals surface area (Å²) in [6, 6.07) is 7.41. The zero-order valence-corrected chi connectivity index (χ0v) is 8.14. The molecule has 0 saturated carbocycles. The normalized spacial score (nSPS) is 9.62. The molecule has 0 aliphatic carbocycles. The Kier molecular flexibility index (Phi) is 2.96. The standard InChI is InChI=1S/C9H6ClNO.ClH/c10-9-6-3-1-2-4-7(6)11-5-8(9)12;/h1-5,12H;1H. The third-order valence-electron chi connectivity index (χ3n) is 1.69. The molecule has 13 heavy (non-hydrogen) atoms. The highest BCUT2D eigenvalue weighted by atomic mass is 35.5. The van der Waals surface area contributed by atoms with E-state index in [9.17, 15) is 5.11 Å². The van der Waals surface area contributed by atoms with Gasteiger partial charge < -0.3 is 5.11 Å². The fourth-order valence-electron chi connectivity index (χ4n) is 1.10. The van der Waals surface area contributed by atoms with Gasteiger partial charge in [-0.3, -0.25) is 4.98 Å². The Morgan fingerprint density at radius 1 is 1.23 bits per heavy atom. The third kappa shape index (κ3) is 1.69. The van der Waals surface area contributed by atoms with Crippen molar-refractivity contribution in [1.82, 2.24) is 4.98 Å². The van der Waals surface area contributed by atoms with Crippen LogP contribution in [0.3, 0.4) is 0 Å². The largest absolute Gasteiger partial charge is 0.505 e. The van der Waals surface area contributed by atoms with Crippen molar-refractivity contribution in [3.8, 4) is 5.75 Å². The van der Waals surface area contributed by atoms with Crippen molar-refractivity contribution >= 4 is 34.9 Å². The molecule has 4 heteroatoms. The highest BCUT2D eigenvalue weighted by Crippen LogP contribution is 2.29. The molecule has 0 fully saturated rings. The van der Waals surface area contributed by atoms with Crippen LogP contribution in [-0.4, -0.2) is 10.1 Å². The fourth-order valence-corrected chi connectivity index (χ4v) is 1.31. The van der Waals surface area contributed by atoms with Gasteiger partial charge >= 0.3 is 0 Å². The lowest BCUT2D eigenvalue weighted by atomic mass is 10.2. The van der Waals surface area contributed by atoms with Gasteiger partial charge in [0.25, 0.3) is 0 Å². The average Bonchev–Trinajstić information content (AvgIpc) is 2.12. The molecule has 0 aliphatic heterocycles. The lowest BCUT2D eigenvalue weighted by Gasteiger charge is -2.00. The molecule has 0 saturated heterocycles. The van der Waals surface area contributed by atoms with Crippen LogP contribution in [0.25, 0.3) is 10.9 Å². The van der Waals surface area contributed by atoms with E-state index in [1.54, 1.807) is 0 Å². The minimum atomic E-state index is 0. The van der Waals surface area contributed by atoms with Crippen molar-refractivity contribution in [3.05, 3.63) is 35.5 Å². The number of hydrogen-bond acceptors (Lipinski definition) is 2. The number of benzene rings is 1. The fraction of sp³-hybridized carbons (Fsp3) is 0. The van der Waals surface area contributed by atoms with Crippen molar-refractivity contribution in [1.29, 1.82) is 0 Å². The summed E-state index contributed by atoms with van der Waals surface area (Å²) in [4.78, 5) is 4.01. The second kappa shape index (κ2) is 3.81. The van der Waals surface area contributed by atoms with Crippen LogP contribution in [-0.2, 0) is 0 Å². The molecular weight excluding hydrogens is 209 g/mol. The SMILES string of the molecule is Cl.Oc1cnc2ccccc2c1Cl. The number of aromatic hydroxyl groups is 1. The van der Waals surface area contributed by atoms with Crippen molar-refractivity contribution in [2.75, 3.05) is 0 Å². The molecule has 68 valence electrons. The Hall–Kier alpha value is -0.990. The van der Waals surface area contributed by atoms with E-state index in [1.165, 1.54) is 6.20 Å². The van der Waals surface area contributed by atoms with Gasteiger partial charge in [0.2, 0.25) is 0 Å². The van der Waals surface area contributed by atoms with E-state index in [0.29, 0.717) is 5.02 Å². The van der Waals surface area contributed by atoms with Gasteiger partial charge in [-0.2, -0.15) is 0 Å². The summed E-state index contributed by atoms with van der Waals surface area (Å²) in [5.74, 6) is 0.0235. The van der Waals surface area contributed by atoms with Crippen LogP contribution in [0, 0.1) is 0 Å². The van der Waals surface area contributed by atoms with Gasteiger partial charge in [-0.25, -0.2) is 0 Å². The van der Waals surface area contributed by atoms with E-state index in [2.05, 4.69) is 4.98 Å². The first-order valence-electron chi connectivity index (χ1n) is 3.51. The maximum atomic E-state index is 9.22. The van der Waals surface area contributed by atoms with E-state index >= 15 is 0 Å². The van der Waals surface area contributed by atoms with E-state index < -0.39 is 0 Å². The molecule has 2 rings (SSSR count). The summed E-state index contributed by atoms with van der Waals surface area (Å²) in [5, 5.41) is 10.4. The Balaban J connectivity index is 0.000000845. The van der Waals surface area contributed by atoms with Crippen molar-refractivity contribution in [2.24, 2.45) is 0 Å². The first-order valence-corrected chi connectivity index (χ1v) is 3.89. The molecule has 0 bridgehead atoms. The summed E-state index contributed by atoms with van der Waals surface area (Å²) >= 11 is 5.84. The number of aromatic nitrogens is 1. The maximum absolute atomic E-state index is 9.22. The Morgan fingerprint density at radius 2 is 1.92 bits per heavy atom. The quantitative estimate of drug-likeness (QED) is 0.734. The van der Waals surface area contributed by atoms with Crippen LogP contribution in [0.15, 0.2) is 30.5 Å². The van der Waals surface area contributed by atoms with Crippen molar-refractivity contribution in [3.63, 3.8) is 0 Å². The first kappa shape index (κ1) is 10.1. The molecule has 0 atom stereocenters. The molecule has 2 aromatic rings. The molecule has 1 aromatic heterocycles. The minimum absolute atomic E-state index is 0. The number of halogens is 2. The van der Waals surface area contributed by atoms with Gasteiger partial charge in [0.1, 0.15) is 0 Å². The monoisotopic (exact) mass is 215 g/mol. The van der Waals surface area contributed by atoms with Crippen molar-refractivity contribution in [2.45, 2.75) is 0 Å². The Labute approximate surface area is 86.6 Å². The smallest absolute Gasteiger partial charge is 0.153 e. The third-order valence-corrected chi connectivity index (χ3v) is 2.09. The van der Waals surface area contributed by atoms with E-state index in [0.717, 1.165) is 10.9 Å². The average molecular weight is 216 g/mol. The second-order valence-electron chi connectivity index (χ2n) is 2.47. The molecule has 0 radical (unpaired) electrons. The summed E-state index contributed by atoms with van der Waals surface area (Å²) in [5.41, 5.74) is 0.792. The van der Waals surface area contributed by atoms with E-state index in [4.69, 9.17) is 11.6 Å². The van der Waals surface area contributed by atoms with Gasteiger partial charge in [-0.05, 0) is 6.07 Å². The predicted molar refractivity (Wildman–Crippen MR) is 55.7 cm³/mol. The number of fused-ring (bicyclic) bond motifs is 1. The Morgan fingerprint density at radius 3 is 2.69 bits per heavy atom. The van der Waals surface area contributed by atoms with Crippen LogP contribution in [0.5, 0.6) is 5.75 Å². The molecule has 1 aromatic carbocycles. The minimum Gasteiger partial charge on any atom is -0.505 e. The zero-order chi connectivity index (χ0) is 8.55. The second-order valence-corrected chi connectivity index (χ2v) is 2.85. The number of hydrogen-bond donors (Lipinski definition) is 1. The molecule has 0 spiro atoms.